The monoisotopic (exact) mass is 418 g/mol. The lowest BCUT2D eigenvalue weighted by Gasteiger charge is -2.14. The Kier molecular flexibility index (Phi) is 6.28. The number of esters is 1. The largest absolute Gasteiger partial charge is 0.449 e. The van der Waals surface area contributed by atoms with Crippen molar-refractivity contribution < 1.29 is 14.3 Å². The van der Waals surface area contributed by atoms with Gasteiger partial charge in [0.05, 0.1) is 27.8 Å². The molecule has 1 unspecified atom stereocenters. The zero-order valence-corrected chi connectivity index (χ0v) is 16.3. The van der Waals surface area contributed by atoms with E-state index in [0.717, 1.165) is 5.56 Å². The number of amides is 1. The first-order valence-corrected chi connectivity index (χ1v) is 9.07. The smallest absolute Gasteiger partial charge is 0.338 e. The highest BCUT2D eigenvalue weighted by molar-refractivity contribution is 6.44. The average Bonchev–Trinajstić information content (AvgIpc) is 3.19. The number of carbonyl (C=O) groups is 2. The van der Waals surface area contributed by atoms with E-state index < -0.39 is 18.0 Å². The Morgan fingerprint density at radius 1 is 1.18 bits per heavy atom. The molecule has 1 atom stereocenters. The van der Waals surface area contributed by atoms with E-state index in [1.165, 1.54) is 13.3 Å². The highest BCUT2D eigenvalue weighted by atomic mass is 35.5. The third kappa shape index (κ3) is 4.88. The van der Waals surface area contributed by atoms with Gasteiger partial charge in [-0.25, -0.2) is 14.5 Å². The molecular weight excluding hydrogens is 403 g/mol. The SMILES string of the molecule is CC(OC(=O)c1ccc(Cn2cncn2)cc1)C(=O)Nc1cccc(Cl)c1Cl. The highest BCUT2D eigenvalue weighted by Gasteiger charge is 2.20. The van der Waals surface area contributed by atoms with E-state index in [2.05, 4.69) is 15.4 Å². The van der Waals surface area contributed by atoms with Crippen LogP contribution in [-0.2, 0) is 16.1 Å². The van der Waals surface area contributed by atoms with Gasteiger partial charge >= 0.3 is 5.97 Å². The van der Waals surface area contributed by atoms with Crippen molar-refractivity contribution in [2.75, 3.05) is 5.32 Å². The van der Waals surface area contributed by atoms with Crippen LogP contribution in [0, 0.1) is 0 Å². The third-order valence-corrected chi connectivity index (χ3v) is 4.68. The van der Waals surface area contributed by atoms with E-state index in [1.54, 1.807) is 53.5 Å². The summed E-state index contributed by atoms with van der Waals surface area (Å²) in [5, 5.41) is 7.16. The molecule has 3 aromatic rings. The molecular formula is C19H16Cl2N4O3. The zero-order valence-electron chi connectivity index (χ0n) is 14.8. The summed E-state index contributed by atoms with van der Waals surface area (Å²) in [6, 6.07) is 11.7. The first kappa shape index (κ1) is 19.9. The summed E-state index contributed by atoms with van der Waals surface area (Å²) in [6.45, 7) is 2.01. The second-order valence-electron chi connectivity index (χ2n) is 5.93. The van der Waals surface area contributed by atoms with Crippen molar-refractivity contribution in [2.24, 2.45) is 0 Å². The first-order valence-electron chi connectivity index (χ1n) is 8.31. The van der Waals surface area contributed by atoms with Crippen molar-refractivity contribution in [3.8, 4) is 0 Å². The number of hydrogen-bond donors (Lipinski definition) is 1. The van der Waals surface area contributed by atoms with Crippen LogP contribution in [0.1, 0.15) is 22.8 Å². The first-order chi connectivity index (χ1) is 13.4. The fourth-order valence-corrected chi connectivity index (χ4v) is 2.71. The minimum atomic E-state index is -1.02. The molecule has 1 N–H and O–H groups in total. The fourth-order valence-electron chi connectivity index (χ4n) is 2.36. The number of anilines is 1. The maximum Gasteiger partial charge on any atom is 0.338 e. The summed E-state index contributed by atoms with van der Waals surface area (Å²) in [5.41, 5.74) is 1.63. The van der Waals surface area contributed by atoms with Gasteiger partial charge in [-0.2, -0.15) is 5.10 Å². The summed E-state index contributed by atoms with van der Waals surface area (Å²) in [7, 11) is 0. The van der Waals surface area contributed by atoms with Crippen LogP contribution in [0.2, 0.25) is 10.0 Å². The molecule has 1 aromatic heterocycles. The molecule has 0 aliphatic carbocycles. The van der Waals surface area contributed by atoms with Crippen LogP contribution in [0.25, 0.3) is 0 Å². The Morgan fingerprint density at radius 2 is 1.93 bits per heavy atom. The van der Waals surface area contributed by atoms with Crippen LogP contribution in [0.4, 0.5) is 5.69 Å². The summed E-state index contributed by atoms with van der Waals surface area (Å²) in [5.74, 6) is -1.12. The van der Waals surface area contributed by atoms with E-state index in [4.69, 9.17) is 27.9 Å². The van der Waals surface area contributed by atoms with Crippen molar-refractivity contribution in [3.63, 3.8) is 0 Å². The topological polar surface area (TPSA) is 86.1 Å². The normalized spacial score (nSPS) is 11.7. The predicted octanol–water partition coefficient (Wildman–Crippen LogP) is 3.82. The molecule has 3 rings (SSSR count). The van der Waals surface area contributed by atoms with E-state index in [9.17, 15) is 9.59 Å². The fraction of sp³-hybridized carbons (Fsp3) is 0.158. The summed E-state index contributed by atoms with van der Waals surface area (Å²) in [6.07, 6.45) is 2.04. The van der Waals surface area contributed by atoms with Crippen molar-refractivity contribution in [1.29, 1.82) is 0 Å². The minimum Gasteiger partial charge on any atom is -0.449 e. The van der Waals surface area contributed by atoms with E-state index in [1.807, 2.05) is 0 Å². The molecule has 144 valence electrons. The molecule has 0 saturated carbocycles. The molecule has 0 aliphatic rings. The number of nitrogens with one attached hydrogen (secondary N) is 1. The van der Waals surface area contributed by atoms with Crippen LogP contribution < -0.4 is 5.32 Å². The van der Waals surface area contributed by atoms with Crippen LogP contribution in [0.3, 0.4) is 0 Å². The van der Waals surface area contributed by atoms with Gasteiger partial charge in [0.1, 0.15) is 12.7 Å². The number of aromatic nitrogens is 3. The quantitative estimate of drug-likeness (QED) is 0.614. The van der Waals surface area contributed by atoms with Crippen LogP contribution in [0.15, 0.2) is 55.1 Å². The minimum absolute atomic E-state index is 0.221. The molecule has 9 heteroatoms. The van der Waals surface area contributed by atoms with Gasteiger partial charge in [-0.3, -0.25) is 4.79 Å². The lowest BCUT2D eigenvalue weighted by Crippen LogP contribution is -2.30. The molecule has 0 fully saturated rings. The standard InChI is InChI=1S/C19H16Cl2N4O3/c1-12(18(26)24-16-4-2-3-15(20)17(16)21)28-19(27)14-7-5-13(6-8-14)9-25-11-22-10-23-25/h2-8,10-12H,9H2,1H3,(H,24,26). The lowest BCUT2D eigenvalue weighted by atomic mass is 10.1. The van der Waals surface area contributed by atoms with Gasteiger partial charge in [0.15, 0.2) is 6.10 Å². The Labute approximate surface area is 171 Å². The third-order valence-electron chi connectivity index (χ3n) is 3.86. The number of carbonyl (C=O) groups excluding carboxylic acids is 2. The van der Waals surface area contributed by atoms with Crippen LogP contribution in [-0.4, -0.2) is 32.7 Å². The summed E-state index contributed by atoms with van der Waals surface area (Å²) >= 11 is 12.0. The van der Waals surface area contributed by atoms with Crippen molar-refractivity contribution in [1.82, 2.24) is 14.8 Å². The Balaban J connectivity index is 1.58. The number of ether oxygens (including phenoxy) is 1. The Bertz CT molecular complexity index is 975. The van der Waals surface area contributed by atoms with Crippen molar-refractivity contribution in [3.05, 3.63) is 76.3 Å². The molecule has 0 aliphatic heterocycles. The van der Waals surface area contributed by atoms with Gasteiger partial charge in [0.25, 0.3) is 5.91 Å². The van der Waals surface area contributed by atoms with Gasteiger partial charge in [-0.1, -0.05) is 41.4 Å². The van der Waals surface area contributed by atoms with E-state index in [0.29, 0.717) is 22.8 Å². The maximum absolute atomic E-state index is 12.3. The number of hydrogen-bond acceptors (Lipinski definition) is 5. The van der Waals surface area contributed by atoms with Crippen molar-refractivity contribution in [2.45, 2.75) is 19.6 Å². The zero-order chi connectivity index (χ0) is 20.1. The summed E-state index contributed by atoms with van der Waals surface area (Å²) in [4.78, 5) is 28.4. The molecule has 0 saturated heterocycles. The molecule has 7 nitrogen and oxygen atoms in total. The van der Waals surface area contributed by atoms with Gasteiger partial charge in [0, 0.05) is 0 Å². The lowest BCUT2D eigenvalue weighted by molar-refractivity contribution is -0.123. The van der Waals surface area contributed by atoms with E-state index in [-0.39, 0.29) is 5.02 Å². The van der Waals surface area contributed by atoms with Gasteiger partial charge < -0.3 is 10.1 Å². The Morgan fingerprint density at radius 3 is 2.61 bits per heavy atom. The number of benzene rings is 2. The Hall–Kier alpha value is -2.90. The molecule has 2 aromatic carbocycles. The second kappa shape index (κ2) is 8.86. The predicted molar refractivity (Wildman–Crippen MR) is 106 cm³/mol. The second-order valence-corrected chi connectivity index (χ2v) is 6.71. The van der Waals surface area contributed by atoms with Crippen LogP contribution >= 0.6 is 23.2 Å². The molecule has 1 heterocycles. The molecule has 28 heavy (non-hydrogen) atoms. The van der Waals surface area contributed by atoms with Gasteiger partial charge in [0.2, 0.25) is 0 Å². The van der Waals surface area contributed by atoms with Crippen molar-refractivity contribution >= 4 is 40.8 Å². The van der Waals surface area contributed by atoms with Crippen LogP contribution in [0.5, 0.6) is 0 Å². The molecule has 0 radical (unpaired) electrons. The summed E-state index contributed by atoms with van der Waals surface area (Å²) < 4.78 is 6.90. The highest BCUT2D eigenvalue weighted by Crippen LogP contribution is 2.29. The molecule has 0 bridgehead atoms. The maximum atomic E-state index is 12.3. The number of nitrogens with zero attached hydrogens (tertiary/aromatic N) is 3. The van der Waals surface area contributed by atoms with Gasteiger partial charge in [-0.05, 0) is 36.8 Å². The number of rotatable bonds is 6. The average molecular weight is 419 g/mol. The number of halogens is 2. The van der Waals surface area contributed by atoms with E-state index >= 15 is 0 Å². The molecule has 1 amide bonds. The molecule has 0 spiro atoms. The van der Waals surface area contributed by atoms with Gasteiger partial charge in [-0.15, -0.1) is 0 Å².